The molecule has 0 N–H and O–H groups in total. The molecule has 12 heavy (non-hydrogen) atoms. The molecule has 0 radical (unpaired) electrons. The van der Waals surface area contributed by atoms with Crippen LogP contribution < -0.4 is 0 Å². The van der Waals surface area contributed by atoms with E-state index in [0.717, 1.165) is 5.92 Å². The lowest BCUT2D eigenvalue weighted by Crippen LogP contribution is -1.98. The Kier molecular flexibility index (Phi) is 7.23. The Balaban J connectivity index is 3.94. The normalized spacial score (nSPS) is 14.8. The van der Waals surface area contributed by atoms with Crippen LogP contribution in [-0.4, -0.2) is 0 Å². The van der Waals surface area contributed by atoms with E-state index in [0.29, 0.717) is 0 Å². The van der Waals surface area contributed by atoms with E-state index in [1.165, 1.54) is 32.1 Å². The van der Waals surface area contributed by atoms with Crippen LogP contribution >= 0.6 is 0 Å². The molecule has 0 saturated heterocycles. The van der Waals surface area contributed by atoms with Crippen LogP contribution in [0.3, 0.4) is 0 Å². The smallest absolute Gasteiger partial charge is 0.0232 e. The molecule has 0 fully saturated rings. The summed E-state index contributed by atoms with van der Waals surface area (Å²) in [7, 11) is 0. The van der Waals surface area contributed by atoms with Crippen molar-refractivity contribution in [3.8, 4) is 0 Å². The van der Waals surface area contributed by atoms with Gasteiger partial charge in [0, 0.05) is 0 Å². The molecule has 0 rings (SSSR count). The molecule has 0 bridgehead atoms. The molecule has 0 spiro atoms. The van der Waals surface area contributed by atoms with E-state index >= 15 is 0 Å². The summed E-state index contributed by atoms with van der Waals surface area (Å²) in [6, 6.07) is 0. The molecule has 0 saturated carbocycles. The quantitative estimate of drug-likeness (QED) is 0.510. The Hall–Kier alpha value is -0.260. The summed E-state index contributed by atoms with van der Waals surface area (Å²) in [4.78, 5) is 0. The monoisotopic (exact) mass is 168 g/mol. The lowest BCUT2D eigenvalue weighted by molar-refractivity contribution is 0.582. The highest BCUT2D eigenvalue weighted by Gasteiger charge is 2.04. The number of rotatable bonds is 6. The average Bonchev–Trinajstić information content (AvgIpc) is 2.06. The van der Waals surface area contributed by atoms with Gasteiger partial charge in [0.25, 0.3) is 0 Å². The third-order valence-electron chi connectivity index (χ3n) is 2.46. The van der Waals surface area contributed by atoms with Gasteiger partial charge in [0.1, 0.15) is 0 Å². The van der Waals surface area contributed by atoms with Crippen molar-refractivity contribution < 1.29 is 0 Å². The maximum Gasteiger partial charge on any atom is -0.0232 e. The van der Waals surface area contributed by atoms with Crippen molar-refractivity contribution in [3.63, 3.8) is 0 Å². The molecule has 0 aliphatic rings. The van der Waals surface area contributed by atoms with Crippen LogP contribution in [0.5, 0.6) is 0 Å². The van der Waals surface area contributed by atoms with E-state index in [1.807, 2.05) is 0 Å². The van der Waals surface area contributed by atoms with Gasteiger partial charge in [-0.15, -0.1) is 0 Å². The van der Waals surface area contributed by atoms with E-state index in [9.17, 15) is 0 Å². The number of allylic oxidation sites excluding steroid dienone is 2. The minimum absolute atomic E-state index is 0.812. The van der Waals surface area contributed by atoms with Crippen LogP contribution in [0.15, 0.2) is 11.6 Å². The molecule has 1 unspecified atom stereocenters. The zero-order valence-corrected chi connectivity index (χ0v) is 9.19. The number of unbranched alkanes of at least 4 members (excludes halogenated alkanes) is 1. The predicted molar refractivity (Wildman–Crippen MR) is 57.4 cm³/mol. The third kappa shape index (κ3) is 4.58. The van der Waals surface area contributed by atoms with Gasteiger partial charge >= 0.3 is 0 Å². The molecule has 0 aliphatic heterocycles. The molecular formula is C12H24. The van der Waals surface area contributed by atoms with E-state index < -0.39 is 0 Å². The Morgan fingerprint density at radius 2 is 1.83 bits per heavy atom. The van der Waals surface area contributed by atoms with Gasteiger partial charge in [-0.2, -0.15) is 0 Å². The summed E-state index contributed by atoms with van der Waals surface area (Å²) < 4.78 is 0. The van der Waals surface area contributed by atoms with Crippen molar-refractivity contribution in [2.24, 2.45) is 5.92 Å². The van der Waals surface area contributed by atoms with E-state index in [1.54, 1.807) is 5.57 Å². The van der Waals surface area contributed by atoms with Crippen LogP contribution in [-0.2, 0) is 0 Å². The molecule has 0 nitrogen and oxygen atoms in total. The maximum absolute atomic E-state index is 2.44. The first-order valence-corrected chi connectivity index (χ1v) is 5.45. The minimum Gasteiger partial charge on any atom is -0.0851 e. The van der Waals surface area contributed by atoms with Gasteiger partial charge in [-0.3, -0.25) is 0 Å². The highest BCUT2D eigenvalue weighted by Crippen LogP contribution is 2.20. The Bertz CT molecular complexity index is 122. The van der Waals surface area contributed by atoms with Crippen LogP contribution in [0.4, 0.5) is 0 Å². The molecule has 0 heteroatoms. The maximum atomic E-state index is 2.44. The summed E-state index contributed by atoms with van der Waals surface area (Å²) in [5.74, 6) is 0.812. The first-order chi connectivity index (χ1) is 5.76. The first-order valence-electron chi connectivity index (χ1n) is 5.45. The van der Waals surface area contributed by atoms with Crippen molar-refractivity contribution >= 4 is 0 Å². The zero-order valence-electron chi connectivity index (χ0n) is 9.19. The second-order valence-corrected chi connectivity index (χ2v) is 3.61. The molecule has 0 aromatic heterocycles. The van der Waals surface area contributed by atoms with Crippen molar-refractivity contribution in [2.45, 2.75) is 59.8 Å². The van der Waals surface area contributed by atoms with Crippen LogP contribution in [0, 0.1) is 5.92 Å². The summed E-state index contributed by atoms with van der Waals surface area (Å²) in [5.41, 5.74) is 1.67. The summed E-state index contributed by atoms with van der Waals surface area (Å²) in [5, 5.41) is 0. The Morgan fingerprint density at radius 3 is 2.25 bits per heavy atom. The SMILES string of the molecule is CCCC=C(CC)C(C)CCC. The molecule has 0 aliphatic carbocycles. The second-order valence-electron chi connectivity index (χ2n) is 3.61. The van der Waals surface area contributed by atoms with Crippen LogP contribution in [0.1, 0.15) is 59.8 Å². The van der Waals surface area contributed by atoms with E-state index in [-0.39, 0.29) is 0 Å². The average molecular weight is 168 g/mol. The highest BCUT2D eigenvalue weighted by molar-refractivity contribution is 5.04. The standard InChI is InChI=1S/C12H24/c1-5-8-10-12(7-3)11(4)9-6-2/h10-11H,5-9H2,1-4H3. The van der Waals surface area contributed by atoms with Gasteiger partial charge in [-0.1, -0.05) is 52.2 Å². The number of hydrogen-bond donors (Lipinski definition) is 0. The van der Waals surface area contributed by atoms with Crippen molar-refractivity contribution in [1.29, 1.82) is 0 Å². The van der Waals surface area contributed by atoms with Crippen molar-refractivity contribution in [3.05, 3.63) is 11.6 Å². The number of hydrogen-bond acceptors (Lipinski definition) is 0. The topological polar surface area (TPSA) is 0 Å². The van der Waals surface area contributed by atoms with Gasteiger partial charge in [0.15, 0.2) is 0 Å². The highest BCUT2D eigenvalue weighted by atomic mass is 14.1. The molecular weight excluding hydrogens is 144 g/mol. The molecule has 72 valence electrons. The largest absolute Gasteiger partial charge is 0.0851 e. The van der Waals surface area contributed by atoms with Crippen molar-refractivity contribution in [1.82, 2.24) is 0 Å². The fourth-order valence-corrected chi connectivity index (χ4v) is 1.64. The fraction of sp³-hybridized carbons (Fsp3) is 0.833. The molecule has 0 heterocycles. The fourth-order valence-electron chi connectivity index (χ4n) is 1.64. The summed E-state index contributed by atoms with van der Waals surface area (Å²) in [6.07, 6.45) is 8.88. The van der Waals surface area contributed by atoms with Gasteiger partial charge < -0.3 is 0 Å². The molecule has 1 atom stereocenters. The zero-order chi connectivity index (χ0) is 9.40. The lowest BCUT2D eigenvalue weighted by Gasteiger charge is -2.13. The van der Waals surface area contributed by atoms with Gasteiger partial charge in [-0.25, -0.2) is 0 Å². The van der Waals surface area contributed by atoms with Crippen LogP contribution in [0.25, 0.3) is 0 Å². The summed E-state index contributed by atoms with van der Waals surface area (Å²) in [6.45, 7) is 9.14. The van der Waals surface area contributed by atoms with Crippen molar-refractivity contribution in [2.75, 3.05) is 0 Å². The van der Waals surface area contributed by atoms with E-state index in [2.05, 4.69) is 33.8 Å². The predicted octanol–water partition coefficient (Wildman–Crippen LogP) is 4.56. The first kappa shape index (κ1) is 11.7. The molecule has 0 aromatic rings. The van der Waals surface area contributed by atoms with Gasteiger partial charge in [0.05, 0.1) is 0 Å². The second kappa shape index (κ2) is 7.39. The minimum atomic E-state index is 0.812. The Labute approximate surface area is 78.1 Å². The molecule has 0 amide bonds. The van der Waals surface area contributed by atoms with Gasteiger partial charge in [-0.05, 0) is 25.2 Å². The third-order valence-corrected chi connectivity index (χ3v) is 2.46. The van der Waals surface area contributed by atoms with E-state index in [4.69, 9.17) is 0 Å². The Morgan fingerprint density at radius 1 is 1.17 bits per heavy atom. The molecule has 0 aromatic carbocycles. The van der Waals surface area contributed by atoms with Crippen LogP contribution in [0.2, 0.25) is 0 Å². The lowest BCUT2D eigenvalue weighted by atomic mass is 9.93. The van der Waals surface area contributed by atoms with Gasteiger partial charge in [0.2, 0.25) is 0 Å². The summed E-state index contributed by atoms with van der Waals surface area (Å²) >= 11 is 0.